The zero-order valence-corrected chi connectivity index (χ0v) is 14.0. The molecule has 22 heavy (non-hydrogen) atoms. The van der Waals surface area contributed by atoms with Gasteiger partial charge in [0.1, 0.15) is 0 Å². The van der Waals surface area contributed by atoms with Gasteiger partial charge in [0.2, 0.25) is 6.29 Å². The van der Waals surface area contributed by atoms with Crippen LogP contribution in [0, 0.1) is 0 Å². The van der Waals surface area contributed by atoms with Crippen LogP contribution in [0.3, 0.4) is 0 Å². The molecule has 0 bridgehead atoms. The number of nitrogens with zero attached hydrogens (tertiary/aromatic N) is 5. The van der Waals surface area contributed by atoms with Crippen LogP contribution < -0.4 is 4.90 Å². The zero-order chi connectivity index (χ0) is 15.7. The topological polar surface area (TPSA) is 34.4 Å². The van der Waals surface area contributed by atoms with Crippen molar-refractivity contribution >= 4 is 11.4 Å². The summed E-state index contributed by atoms with van der Waals surface area (Å²) in [7, 11) is 8.33. The van der Waals surface area contributed by atoms with E-state index in [1.165, 1.54) is 42.8 Å². The largest absolute Gasteiger partial charge is 0.378 e. The fraction of sp³-hybridized carbons (Fsp3) is 0.529. The van der Waals surface area contributed by atoms with E-state index in [0.717, 1.165) is 5.69 Å². The van der Waals surface area contributed by atoms with E-state index < -0.39 is 0 Å². The number of rotatable bonds is 3. The highest BCUT2D eigenvalue weighted by Gasteiger charge is 2.34. The monoisotopic (exact) mass is 299 g/mol. The fourth-order valence-corrected chi connectivity index (χ4v) is 3.26. The maximum absolute atomic E-state index is 4.58. The normalized spacial score (nSPS) is 19.3. The molecule has 0 amide bonds. The number of benzene rings is 1. The summed E-state index contributed by atoms with van der Waals surface area (Å²) < 4.78 is 0. The number of hydrogen-bond acceptors (Lipinski definition) is 5. The first-order chi connectivity index (χ1) is 10.6. The van der Waals surface area contributed by atoms with Gasteiger partial charge >= 0.3 is 0 Å². The molecule has 1 aliphatic carbocycles. The average molecular weight is 299 g/mol. The number of anilines is 1. The van der Waals surface area contributed by atoms with Crippen LogP contribution in [0.5, 0.6) is 0 Å². The van der Waals surface area contributed by atoms with Crippen molar-refractivity contribution in [2.75, 3.05) is 33.1 Å². The summed E-state index contributed by atoms with van der Waals surface area (Å²) in [5.74, 6) is 0. The van der Waals surface area contributed by atoms with Crippen LogP contribution in [0.2, 0.25) is 0 Å². The number of allylic oxidation sites excluding steroid dienone is 2. The molecule has 3 rings (SSSR count). The second-order valence-corrected chi connectivity index (χ2v) is 6.30. The molecule has 0 saturated heterocycles. The Labute approximate surface area is 132 Å². The smallest absolute Gasteiger partial charge is 0.218 e. The molecule has 118 valence electrons. The third kappa shape index (κ3) is 2.67. The molecule has 0 atom stereocenters. The van der Waals surface area contributed by atoms with Crippen molar-refractivity contribution in [1.29, 1.82) is 0 Å². The predicted octanol–water partition coefficient (Wildman–Crippen LogP) is 3.78. The van der Waals surface area contributed by atoms with Crippen molar-refractivity contribution in [2.24, 2.45) is 10.2 Å². The van der Waals surface area contributed by atoms with Gasteiger partial charge in [-0.3, -0.25) is 0 Å². The first-order valence-electron chi connectivity index (χ1n) is 7.94. The van der Waals surface area contributed by atoms with Crippen molar-refractivity contribution in [2.45, 2.75) is 32.0 Å². The van der Waals surface area contributed by atoms with Gasteiger partial charge in [-0.15, -0.1) is 5.11 Å². The van der Waals surface area contributed by atoms with Crippen molar-refractivity contribution < 1.29 is 0 Å². The lowest BCUT2D eigenvalue weighted by Gasteiger charge is -2.24. The summed E-state index contributed by atoms with van der Waals surface area (Å²) in [6.45, 7) is 0. The summed E-state index contributed by atoms with van der Waals surface area (Å²) in [5.41, 5.74) is 4.96. The fourth-order valence-electron chi connectivity index (χ4n) is 3.26. The van der Waals surface area contributed by atoms with Crippen molar-refractivity contribution in [3.8, 4) is 0 Å². The third-order valence-corrected chi connectivity index (χ3v) is 4.60. The Bertz CT molecular complexity index is 566. The summed E-state index contributed by atoms with van der Waals surface area (Å²) >= 11 is 0. The van der Waals surface area contributed by atoms with E-state index in [-0.39, 0.29) is 6.29 Å². The van der Waals surface area contributed by atoms with Crippen LogP contribution in [-0.2, 0) is 0 Å². The van der Waals surface area contributed by atoms with Crippen molar-refractivity contribution in [3.05, 3.63) is 35.7 Å². The molecule has 5 heteroatoms. The molecule has 1 aliphatic heterocycles. The minimum atomic E-state index is -0.00312. The first kappa shape index (κ1) is 14.9. The van der Waals surface area contributed by atoms with Crippen LogP contribution in [0.25, 0.3) is 0 Å². The van der Waals surface area contributed by atoms with Gasteiger partial charge in [0.05, 0.1) is 5.69 Å². The van der Waals surface area contributed by atoms with Gasteiger partial charge in [-0.05, 0) is 49.9 Å². The highest BCUT2D eigenvalue weighted by molar-refractivity contribution is 5.51. The standard InChI is InChI=1S/C17H25N5/c1-20(2)14-11-9-13(10-12-14)18-19-17-21(3)15-7-5-6-8-16(15)22(17)4/h9-12,17H,5-8H2,1-4H3. The molecule has 0 fully saturated rings. The van der Waals surface area contributed by atoms with Crippen molar-refractivity contribution in [1.82, 2.24) is 9.80 Å². The lowest BCUT2D eigenvalue weighted by atomic mass is 10.0. The summed E-state index contributed by atoms with van der Waals surface area (Å²) in [6.07, 6.45) is 4.90. The lowest BCUT2D eigenvalue weighted by Crippen LogP contribution is -2.33. The van der Waals surface area contributed by atoms with E-state index >= 15 is 0 Å². The average Bonchev–Trinajstić information content (AvgIpc) is 2.78. The summed E-state index contributed by atoms with van der Waals surface area (Å²) in [6, 6.07) is 8.17. The molecule has 0 radical (unpaired) electrons. The maximum atomic E-state index is 4.58. The predicted molar refractivity (Wildman–Crippen MR) is 90.1 cm³/mol. The number of azo groups is 1. The minimum Gasteiger partial charge on any atom is -0.378 e. The van der Waals surface area contributed by atoms with Gasteiger partial charge in [0.25, 0.3) is 0 Å². The van der Waals surface area contributed by atoms with Gasteiger partial charge in [0.15, 0.2) is 0 Å². The van der Waals surface area contributed by atoms with Crippen molar-refractivity contribution in [3.63, 3.8) is 0 Å². The molecule has 0 saturated carbocycles. The molecule has 0 unspecified atom stereocenters. The Balaban J connectivity index is 1.73. The second kappa shape index (κ2) is 5.99. The van der Waals surface area contributed by atoms with Crippen LogP contribution in [0.1, 0.15) is 25.7 Å². The van der Waals surface area contributed by atoms with Gasteiger partial charge in [0, 0.05) is 45.3 Å². The summed E-state index contributed by atoms with van der Waals surface area (Å²) in [5, 5.41) is 9.02. The molecule has 0 spiro atoms. The molecule has 1 aromatic rings. The third-order valence-electron chi connectivity index (χ3n) is 4.60. The molecule has 2 aliphatic rings. The van der Waals surface area contributed by atoms with E-state index in [1.54, 1.807) is 0 Å². The Kier molecular flexibility index (Phi) is 4.05. The lowest BCUT2D eigenvalue weighted by molar-refractivity contribution is 0.188. The van der Waals surface area contributed by atoms with E-state index in [4.69, 9.17) is 0 Å². The highest BCUT2D eigenvalue weighted by Crippen LogP contribution is 2.37. The second-order valence-electron chi connectivity index (χ2n) is 6.30. The van der Waals surface area contributed by atoms with Gasteiger partial charge in [-0.25, -0.2) is 0 Å². The molecule has 0 aromatic heterocycles. The van der Waals surface area contributed by atoms with E-state index in [0.29, 0.717) is 0 Å². The first-order valence-corrected chi connectivity index (χ1v) is 7.94. The Hall–Kier alpha value is -2.04. The Morgan fingerprint density at radius 2 is 1.50 bits per heavy atom. The van der Waals surface area contributed by atoms with E-state index in [2.05, 4.69) is 51.2 Å². The Morgan fingerprint density at radius 3 is 2.00 bits per heavy atom. The molecular formula is C17H25N5. The quantitative estimate of drug-likeness (QED) is 0.797. The number of hydrogen-bond donors (Lipinski definition) is 0. The molecule has 5 nitrogen and oxygen atoms in total. The van der Waals surface area contributed by atoms with Gasteiger partial charge < -0.3 is 14.7 Å². The zero-order valence-electron chi connectivity index (χ0n) is 14.0. The van der Waals surface area contributed by atoms with E-state index in [9.17, 15) is 0 Å². The molecule has 0 N–H and O–H groups in total. The SMILES string of the molecule is CN(C)c1ccc(N=NC2N(C)C3=C(CCCC3)N2C)cc1. The van der Waals surface area contributed by atoms with Crippen LogP contribution in [-0.4, -0.2) is 44.3 Å². The maximum Gasteiger partial charge on any atom is 0.218 e. The van der Waals surface area contributed by atoms with Crippen LogP contribution >= 0.6 is 0 Å². The Morgan fingerprint density at radius 1 is 0.955 bits per heavy atom. The van der Waals surface area contributed by atoms with Crippen LogP contribution in [0.4, 0.5) is 11.4 Å². The molecular weight excluding hydrogens is 274 g/mol. The molecule has 1 aromatic carbocycles. The van der Waals surface area contributed by atoms with E-state index in [1.807, 2.05) is 26.2 Å². The van der Waals surface area contributed by atoms with Gasteiger partial charge in [-0.2, -0.15) is 5.11 Å². The highest BCUT2D eigenvalue weighted by atomic mass is 15.5. The van der Waals surface area contributed by atoms with Gasteiger partial charge in [-0.1, -0.05) is 0 Å². The minimum absolute atomic E-state index is 0.00312. The van der Waals surface area contributed by atoms with Crippen LogP contribution in [0.15, 0.2) is 45.9 Å². The molecule has 1 heterocycles. The summed E-state index contributed by atoms with van der Waals surface area (Å²) in [4.78, 5) is 6.62.